The molecule has 146 valence electrons. The summed E-state index contributed by atoms with van der Waals surface area (Å²) in [6.45, 7) is 5.56. The number of aromatic nitrogens is 1. The predicted molar refractivity (Wildman–Crippen MR) is 109 cm³/mol. The Labute approximate surface area is 164 Å². The molecule has 1 fully saturated rings. The quantitative estimate of drug-likeness (QED) is 0.639. The lowest BCUT2D eigenvalue weighted by Crippen LogP contribution is -2.35. The van der Waals surface area contributed by atoms with Crippen molar-refractivity contribution >= 4 is 26.4 Å². The molecule has 1 aliphatic heterocycles. The molecule has 2 aromatic carbocycles. The van der Waals surface area contributed by atoms with Crippen LogP contribution >= 0.6 is 0 Å². The van der Waals surface area contributed by atoms with Crippen LogP contribution in [0.25, 0.3) is 10.9 Å². The van der Waals surface area contributed by atoms with E-state index in [0.717, 1.165) is 31.5 Å². The first-order chi connectivity index (χ1) is 13.4. The first-order valence-electron chi connectivity index (χ1n) is 9.51. The molecule has 1 saturated heterocycles. The van der Waals surface area contributed by atoms with Crippen LogP contribution in [0.2, 0.25) is 0 Å². The van der Waals surface area contributed by atoms with Gasteiger partial charge in [-0.3, -0.25) is 4.98 Å². The Hall–Kier alpha value is -2.47. The van der Waals surface area contributed by atoms with Crippen LogP contribution < -0.4 is 4.90 Å². The highest BCUT2D eigenvalue weighted by molar-refractivity contribution is 7.91. The predicted octanol–water partition coefficient (Wildman–Crippen LogP) is 4.75. The number of aryl methyl sites for hydroxylation is 1. The van der Waals surface area contributed by atoms with Crippen LogP contribution in [0.5, 0.6) is 0 Å². The molecular formula is C22H23FN2O2S. The van der Waals surface area contributed by atoms with Crippen molar-refractivity contribution in [3.05, 3.63) is 60.0 Å². The number of hydrogen-bond acceptors (Lipinski definition) is 4. The zero-order valence-electron chi connectivity index (χ0n) is 16.0. The van der Waals surface area contributed by atoms with Crippen molar-refractivity contribution in [2.45, 2.75) is 36.5 Å². The summed E-state index contributed by atoms with van der Waals surface area (Å²) >= 11 is 0. The monoisotopic (exact) mass is 398 g/mol. The number of nitrogens with zero attached hydrogens (tertiary/aromatic N) is 2. The van der Waals surface area contributed by atoms with E-state index >= 15 is 0 Å². The normalized spacial score (nSPS) is 17.8. The zero-order valence-corrected chi connectivity index (χ0v) is 16.8. The Morgan fingerprint density at radius 3 is 2.61 bits per heavy atom. The van der Waals surface area contributed by atoms with Crippen molar-refractivity contribution in [3.63, 3.8) is 0 Å². The standard InChI is InChI=1S/C22H23FN2O2S/c1-15-5-8-18(9-6-15)28(26,27)21-13-24-20-10-7-17(23)12-19(20)22(21)25-11-3-4-16(2)14-25/h5-10,12-13,16H,3-4,11,14H2,1-2H3. The van der Waals surface area contributed by atoms with Crippen molar-refractivity contribution < 1.29 is 12.8 Å². The van der Waals surface area contributed by atoms with E-state index in [1.807, 2.05) is 6.92 Å². The van der Waals surface area contributed by atoms with Gasteiger partial charge < -0.3 is 4.90 Å². The summed E-state index contributed by atoms with van der Waals surface area (Å²) in [4.78, 5) is 6.78. The van der Waals surface area contributed by atoms with Gasteiger partial charge in [-0.15, -0.1) is 0 Å². The van der Waals surface area contributed by atoms with Gasteiger partial charge in [-0.25, -0.2) is 12.8 Å². The first-order valence-corrected chi connectivity index (χ1v) is 11.0. The van der Waals surface area contributed by atoms with Gasteiger partial charge in [0.15, 0.2) is 0 Å². The summed E-state index contributed by atoms with van der Waals surface area (Å²) in [6.07, 6.45) is 3.50. The van der Waals surface area contributed by atoms with Crippen molar-refractivity contribution in [2.24, 2.45) is 5.92 Å². The van der Waals surface area contributed by atoms with Crippen LogP contribution in [-0.2, 0) is 9.84 Å². The molecule has 3 aromatic rings. The average molecular weight is 399 g/mol. The molecule has 0 aliphatic carbocycles. The Bertz CT molecular complexity index is 1130. The van der Waals surface area contributed by atoms with Crippen LogP contribution in [0.15, 0.2) is 58.5 Å². The minimum Gasteiger partial charge on any atom is -0.370 e. The fraction of sp³-hybridized carbons (Fsp3) is 0.318. The Balaban J connectivity index is 1.97. The van der Waals surface area contributed by atoms with Gasteiger partial charge in [0, 0.05) is 24.7 Å². The number of rotatable bonds is 3. The van der Waals surface area contributed by atoms with E-state index in [2.05, 4.69) is 16.8 Å². The van der Waals surface area contributed by atoms with E-state index in [-0.39, 0.29) is 9.79 Å². The van der Waals surface area contributed by atoms with E-state index in [0.29, 0.717) is 22.5 Å². The number of halogens is 1. The second-order valence-corrected chi connectivity index (χ2v) is 9.56. The summed E-state index contributed by atoms with van der Waals surface area (Å²) in [5.41, 5.74) is 2.15. The zero-order chi connectivity index (χ0) is 19.9. The summed E-state index contributed by atoms with van der Waals surface area (Å²) in [6, 6.07) is 11.1. The van der Waals surface area contributed by atoms with E-state index < -0.39 is 15.7 Å². The molecule has 4 rings (SSSR count). The fourth-order valence-electron chi connectivity index (χ4n) is 3.89. The molecule has 28 heavy (non-hydrogen) atoms. The lowest BCUT2D eigenvalue weighted by Gasteiger charge is -2.34. The number of pyridine rings is 1. The molecule has 0 spiro atoms. The molecule has 0 bridgehead atoms. The maximum atomic E-state index is 14.1. The molecule has 1 unspecified atom stereocenters. The summed E-state index contributed by atoms with van der Waals surface area (Å²) in [5, 5.41) is 0.544. The molecule has 0 amide bonds. The SMILES string of the molecule is Cc1ccc(S(=O)(=O)c2cnc3ccc(F)cc3c2N2CCCC(C)C2)cc1. The van der Waals surface area contributed by atoms with Crippen molar-refractivity contribution in [1.82, 2.24) is 4.98 Å². The number of anilines is 1. The van der Waals surface area contributed by atoms with Gasteiger partial charge >= 0.3 is 0 Å². The average Bonchev–Trinajstić information content (AvgIpc) is 2.67. The van der Waals surface area contributed by atoms with Crippen LogP contribution in [0.3, 0.4) is 0 Å². The molecule has 6 heteroatoms. The minimum atomic E-state index is -3.78. The maximum absolute atomic E-state index is 14.1. The Morgan fingerprint density at radius 2 is 1.89 bits per heavy atom. The first kappa shape index (κ1) is 18.9. The van der Waals surface area contributed by atoms with Crippen LogP contribution in [0.4, 0.5) is 10.1 Å². The lowest BCUT2D eigenvalue weighted by atomic mass is 9.99. The molecule has 1 aliphatic rings. The molecule has 1 aromatic heterocycles. The highest BCUT2D eigenvalue weighted by Gasteiger charge is 2.29. The Kier molecular flexibility index (Phi) is 4.83. The molecule has 0 radical (unpaired) electrons. The van der Waals surface area contributed by atoms with Gasteiger partial charge in [-0.1, -0.05) is 24.6 Å². The van der Waals surface area contributed by atoms with Gasteiger partial charge in [0.05, 0.1) is 16.1 Å². The van der Waals surface area contributed by atoms with Gasteiger partial charge in [0.1, 0.15) is 10.7 Å². The smallest absolute Gasteiger partial charge is 0.210 e. The number of benzene rings is 2. The number of piperidine rings is 1. The summed E-state index contributed by atoms with van der Waals surface area (Å²) in [7, 11) is -3.78. The van der Waals surface area contributed by atoms with E-state index in [9.17, 15) is 12.8 Å². The van der Waals surface area contributed by atoms with Crippen LogP contribution in [0, 0.1) is 18.7 Å². The van der Waals surface area contributed by atoms with Crippen molar-refractivity contribution in [3.8, 4) is 0 Å². The summed E-state index contributed by atoms with van der Waals surface area (Å²) < 4.78 is 41.0. The lowest BCUT2D eigenvalue weighted by molar-refractivity contribution is 0.446. The summed E-state index contributed by atoms with van der Waals surface area (Å²) in [5.74, 6) is 0.0472. The highest BCUT2D eigenvalue weighted by Crippen LogP contribution is 2.38. The van der Waals surface area contributed by atoms with E-state index in [4.69, 9.17) is 0 Å². The number of hydrogen-bond donors (Lipinski definition) is 0. The fourth-order valence-corrected chi connectivity index (χ4v) is 5.33. The maximum Gasteiger partial charge on any atom is 0.210 e. The number of fused-ring (bicyclic) bond motifs is 1. The Morgan fingerprint density at radius 1 is 1.14 bits per heavy atom. The van der Waals surface area contributed by atoms with Crippen LogP contribution in [0.1, 0.15) is 25.3 Å². The third kappa shape index (κ3) is 3.37. The molecule has 4 nitrogen and oxygen atoms in total. The van der Waals surface area contributed by atoms with Gasteiger partial charge in [0.25, 0.3) is 0 Å². The molecule has 0 saturated carbocycles. The minimum absolute atomic E-state index is 0.142. The van der Waals surface area contributed by atoms with Gasteiger partial charge in [-0.2, -0.15) is 0 Å². The number of sulfone groups is 1. The topological polar surface area (TPSA) is 50.3 Å². The molecular weight excluding hydrogens is 375 g/mol. The van der Waals surface area contributed by atoms with Gasteiger partial charge in [0.2, 0.25) is 9.84 Å². The largest absolute Gasteiger partial charge is 0.370 e. The van der Waals surface area contributed by atoms with Crippen LogP contribution in [-0.4, -0.2) is 26.5 Å². The molecule has 1 atom stereocenters. The second kappa shape index (κ2) is 7.17. The van der Waals surface area contributed by atoms with E-state index in [1.165, 1.54) is 18.3 Å². The highest BCUT2D eigenvalue weighted by atomic mass is 32.2. The molecule has 0 N–H and O–H groups in total. The van der Waals surface area contributed by atoms with Crippen molar-refractivity contribution in [1.29, 1.82) is 0 Å². The van der Waals surface area contributed by atoms with E-state index in [1.54, 1.807) is 30.3 Å². The third-order valence-electron chi connectivity index (χ3n) is 5.36. The third-order valence-corrected chi connectivity index (χ3v) is 7.13. The second-order valence-electron chi connectivity index (χ2n) is 7.64. The van der Waals surface area contributed by atoms with Crippen molar-refractivity contribution in [2.75, 3.05) is 18.0 Å². The molecule has 2 heterocycles. The van der Waals surface area contributed by atoms with Gasteiger partial charge in [-0.05, 0) is 56.0 Å².